The summed E-state index contributed by atoms with van der Waals surface area (Å²) in [5.41, 5.74) is 0.816. The third-order valence-corrected chi connectivity index (χ3v) is 2.68. The van der Waals surface area contributed by atoms with Crippen molar-refractivity contribution in [3.63, 3.8) is 0 Å². The number of halogens is 1. The molecule has 0 N–H and O–H groups in total. The first-order chi connectivity index (χ1) is 7.15. The van der Waals surface area contributed by atoms with E-state index in [1.54, 1.807) is 12.1 Å². The van der Waals surface area contributed by atoms with E-state index in [4.69, 9.17) is 20.9 Å². The predicted molar refractivity (Wildman–Crippen MR) is 56.1 cm³/mol. The van der Waals surface area contributed by atoms with E-state index in [1.165, 1.54) is 18.3 Å². The van der Waals surface area contributed by atoms with Gasteiger partial charge in [-0.25, -0.2) is 0 Å². The second kappa shape index (κ2) is 4.04. The van der Waals surface area contributed by atoms with Crippen LogP contribution in [-0.2, 0) is 4.79 Å². The van der Waals surface area contributed by atoms with Crippen LogP contribution in [0.1, 0.15) is 6.92 Å². The lowest BCUT2D eigenvalue weighted by atomic mass is 10.3. The van der Waals surface area contributed by atoms with Crippen molar-refractivity contribution < 1.29 is 14.1 Å². The minimum Gasteiger partial charge on any atom is -0.404 e. The first-order valence-corrected chi connectivity index (χ1v) is 5.30. The monoisotopic (exact) mass is 243 g/mol. The molecule has 0 saturated carbocycles. The predicted octanol–water partition coefficient (Wildman–Crippen LogP) is 2.98. The quantitative estimate of drug-likeness (QED) is 0.761. The number of hydrogen-bond donors (Lipinski definition) is 0. The molecule has 6 heteroatoms. The minimum atomic E-state index is -0.432. The van der Waals surface area contributed by atoms with E-state index in [-0.39, 0.29) is 5.88 Å². The highest BCUT2D eigenvalue weighted by molar-refractivity contribution is 7.14. The van der Waals surface area contributed by atoms with Gasteiger partial charge in [-0.15, -0.1) is 11.3 Å². The van der Waals surface area contributed by atoms with Gasteiger partial charge >= 0.3 is 5.97 Å². The van der Waals surface area contributed by atoms with Crippen LogP contribution < -0.4 is 4.74 Å². The molecule has 0 aliphatic heterocycles. The van der Waals surface area contributed by atoms with Gasteiger partial charge in [-0.05, 0) is 11.2 Å². The molecule has 78 valence electrons. The van der Waals surface area contributed by atoms with Crippen molar-refractivity contribution >= 4 is 28.9 Å². The van der Waals surface area contributed by atoms with Gasteiger partial charge in [0.25, 0.3) is 5.88 Å². The van der Waals surface area contributed by atoms with E-state index < -0.39 is 5.97 Å². The summed E-state index contributed by atoms with van der Waals surface area (Å²) in [6.45, 7) is 1.30. The summed E-state index contributed by atoms with van der Waals surface area (Å²) in [6, 6.07) is 3.30. The molecule has 0 aromatic carbocycles. The van der Waals surface area contributed by atoms with Gasteiger partial charge in [-0.1, -0.05) is 11.6 Å². The summed E-state index contributed by atoms with van der Waals surface area (Å²) in [5.74, 6) is 0.243. The van der Waals surface area contributed by atoms with Crippen LogP contribution in [0.4, 0.5) is 0 Å². The Morgan fingerprint density at radius 3 is 3.00 bits per heavy atom. The molecule has 0 aliphatic carbocycles. The molecule has 2 heterocycles. The maximum atomic E-state index is 10.6. The zero-order valence-electron chi connectivity index (χ0n) is 7.69. The van der Waals surface area contributed by atoms with Crippen LogP contribution in [0.25, 0.3) is 11.3 Å². The fraction of sp³-hybridized carbons (Fsp3) is 0.111. The first kappa shape index (κ1) is 10.2. The normalized spacial score (nSPS) is 10.3. The maximum absolute atomic E-state index is 10.6. The lowest BCUT2D eigenvalue weighted by molar-refractivity contribution is -0.132. The van der Waals surface area contributed by atoms with Crippen LogP contribution >= 0.6 is 22.9 Å². The second-order valence-corrected chi connectivity index (χ2v) is 4.31. The van der Waals surface area contributed by atoms with Crippen molar-refractivity contribution in [2.45, 2.75) is 6.92 Å². The van der Waals surface area contributed by atoms with Crippen LogP contribution in [0.5, 0.6) is 5.88 Å². The molecule has 0 radical (unpaired) electrons. The van der Waals surface area contributed by atoms with E-state index >= 15 is 0 Å². The van der Waals surface area contributed by atoms with Gasteiger partial charge in [-0.2, -0.15) is 0 Å². The summed E-state index contributed by atoms with van der Waals surface area (Å²) in [5, 5.41) is 5.42. The largest absolute Gasteiger partial charge is 0.404 e. The van der Waals surface area contributed by atoms with Gasteiger partial charge < -0.3 is 9.26 Å². The summed E-state index contributed by atoms with van der Waals surface area (Å²) < 4.78 is 10.4. The molecule has 0 spiro atoms. The zero-order chi connectivity index (χ0) is 10.8. The molecule has 0 atom stereocenters. The van der Waals surface area contributed by atoms with Gasteiger partial charge in [0.2, 0.25) is 0 Å². The standard InChI is InChI=1S/C9H6ClNO3S/c1-5(12)13-9-3-7(14-11-9)6-2-8(10)15-4-6/h2-4H,1H3. The van der Waals surface area contributed by atoms with Crippen molar-refractivity contribution in [2.24, 2.45) is 0 Å². The fourth-order valence-electron chi connectivity index (χ4n) is 1.03. The zero-order valence-corrected chi connectivity index (χ0v) is 9.26. The van der Waals surface area contributed by atoms with Gasteiger partial charge in [0.1, 0.15) is 0 Å². The number of aromatic nitrogens is 1. The number of nitrogens with zero attached hydrogens (tertiary/aromatic N) is 1. The van der Waals surface area contributed by atoms with Crippen molar-refractivity contribution in [2.75, 3.05) is 0 Å². The smallest absolute Gasteiger partial charge is 0.309 e. The van der Waals surface area contributed by atoms with Crippen LogP contribution in [-0.4, -0.2) is 11.1 Å². The Bertz CT molecular complexity index is 491. The van der Waals surface area contributed by atoms with Crippen molar-refractivity contribution in [3.05, 3.63) is 21.8 Å². The van der Waals surface area contributed by atoms with Crippen molar-refractivity contribution in [1.29, 1.82) is 0 Å². The highest BCUT2D eigenvalue weighted by atomic mass is 35.5. The molecule has 0 amide bonds. The Balaban J connectivity index is 2.23. The molecule has 0 unspecified atom stereocenters. The molecule has 2 rings (SSSR count). The molecular formula is C9H6ClNO3S. The average Bonchev–Trinajstić information content (AvgIpc) is 2.72. The molecular weight excluding hydrogens is 238 g/mol. The van der Waals surface area contributed by atoms with E-state index in [2.05, 4.69) is 5.16 Å². The molecule has 0 bridgehead atoms. The highest BCUT2D eigenvalue weighted by Crippen LogP contribution is 2.30. The third kappa shape index (κ3) is 2.37. The van der Waals surface area contributed by atoms with Crippen LogP contribution in [0.3, 0.4) is 0 Å². The summed E-state index contributed by atoms with van der Waals surface area (Å²) in [7, 11) is 0. The molecule has 0 aliphatic rings. The molecule has 4 nitrogen and oxygen atoms in total. The lowest BCUT2D eigenvalue weighted by Gasteiger charge is -1.89. The number of carbonyl (C=O) groups is 1. The van der Waals surface area contributed by atoms with Gasteiger partial charge in [-0.3, -0.25) is 4.79 Å². The topological polar surface area (TPSA) is 52.3 Å². The Kier molecular flexibility index (Phi) is 2.75. The molecule has 2 aromatic heterocycles. The van der Waals surface area contributed by atoms with E-state index in [1.807, 2.05) is 5.38 Å². The van der Waals surface area contributed by atoms with Gasteiger partial charge in [0.15, 0.2) is 5.76 Å². The highest BCUT2D eigenvalue weighted by Gasteiger charge is 2.10. The molecule has 0 fully saturated rings. The lowest BCUT2D eigenvalue weighted by Crippen LogP contribution is -2.00. The summed E-state index contributed by atoms with van der Waals surface area (Å²) in [6.07, 6.45) is 0. The van der Waals surface area contributed by atoms with E-state index in [9.17, 15) is 4.79 Å². The van der Waals surface area contributed by atoms with Gasteiger partial charge in [0, 0.05) is 17.9 Å². The Labute approximate surface area is 94.4 Å². The molecule has 2 aromatic rings. The number of ether oxygens (including phenoxy) is 1. The van der Waals surface area contributed by atoms with E-state index in [0.717, 1.165) is 5.56 Å². The molecule has 0 saturated heterocycles. The Morgan fingerprint density at radius 1 is 1.60 bits per heavy atom. The van der Waals surface area contributed by atoms with Crippen LogP contribution in [0.15, 0.2) is 22.0 Å². The number of thiophene rings is 1. The van der Waals surface area contributed by atoms with Crippen LogP contribution in [0.2, 0.25) is 4.34 Å². The first-order valence-electron chi connectivity index (χ1n) is 4.04. The summed E-state index contributed by atoms with van der Waals surface area (Å²) >= 11 is 7.16. The van der Waals surface area contributed by atoms with E-state index in [0.29, 0.717) is 10.1 Å². The minimum absolute atomic E-state index is 0.153. The van der Waals surface area contributed by atoms with Crippen molar-refractivity contribution in [3.8, 4) is 17.2 Å². The average molecular weight is 244 g/mol. The van der Waals surface area contributed by atoms with Crippen molar-refractivity contribution in [1.82, 2.24) is 5.16 Å². The second-order valence-electron chi connectivity index (χ2n) is 2.76. The number of esters is 1. The number of rotatable bonds is 2. The Hall–Kier alpha value is -1.33. The maximum Gasteiger partial charge on any atom is 0.309 e. The Morgan fingerprint density at radius 2 is 2.40 bits per heavy atom. The summed E-state index contributed by atoms with van der Waals surface area (Å²) in [4.78, 5) is 10.6. The number of hydrogen-bond acceptors (Lipinski definition) is 5. The van der Waals surface area contributed by atoms with Gasteiger partial charge in [0.05, 0.1) is 10.4 Å². The number of carbonyl (C=O) groups excluding carboxylic acids is 1. The fourth-order valence-corrected chi connectivity index (χ4v) is 1.90. The SMILES string of the molecule is CC(=O)Oc1cc(-c2csc(Cl)c2)on1. The van der Waals surface area contributed by atoms with Crippen LogP contribution in [0, 0.1) is 0 Å². The molecule has 15 heavy (non-hydrogen) atoms. The third-order valence-electron chi connectivity index (χ3n) is 1.59.